The van der Waals surface area contributed by atoms with Crippen molar-refractivity contribution in [2.24, 2.45) is 14.1 Å². The third-order valence-electron chi connectivity index (χ3n) is 3.38. The van der Waals surface area contributed by atoms with Crippen molar-refractivity contribution in [2.75, 3.05) is 0 Å². The molecule has 0 aliphatic rings. The van der Waals surface area contributed by atoms with Gasteiger partial charge in [-0.05, 0) is 24.6 Å². The quantitative estimate of drug-likeness (QED) is 0.790. The first-order valence-corrected chi connectivity index (χ1v) is 6.50. The maximum absolute atomic E-state index is 13.4. The second-order valence-corrected chi connectivity index (χ2v) is 4.91. The lowest BCUT2D eigenvalue weighted by atomic mass is 10.1. The highest BCUT2D eigenvalue weighted by atomic mass is 19.1. The molecule has 1 aromatic heterocycles. The molecule has 6 nitrogen and oxygen atoms in total. The molecule has 0 saturated heterocycles. The van der Waals surface area contributed by atoms with E-state index in [4.69, 9.17) is 4.74 Å². The van der Waals surface area contributed by atoms with Gasteiger partial charge < -0.3 is 4.74 Å². The van der Waals surface area contributed by atoms with Crippen molar-refractivity contribution >= 4 is 5.97 Å². The Morgan fingerprint density at radius 1 is 1.18 bits per heavy atom. The van der Waals surface area contributed by atoms with E-state index in [1.165, 1.54) is 36.9 Å². The number of nitrogens with zero attached hydrogens (tertiary/aromatic N) is 2. The van der Waals surface area contributed by atoms with Crippen molar-refractivity contribution < 1.29 is 13.9 Å². The summed E-state index contributed by atoms with van der Waals surface area (Å²) < 4.78 is 20.6. The Balaban J connectivity index is 2.20. The van der Waals surface area contributed by atoms with Crippen LogP contribution >= 0.6 is 0 Å². The van der Waals surface area contributed by atoms with Crippen LogP contribution in [0.3, 0.4) is 0 Å². The summed E-state index contributed by atoms with van der Waals surface area (Å²) in [6, 6.07) is 5.22. The summed E-state index contributed by atoms with van der Waals surface area (Å²) in [5, 5.41) is 0. The summed E-state index contributed by atoms with van der Waals surface area (Å²) in [6.07, 6.45) is 0. The molecule has 2 rings (SSSR count). The lowest BCUT2D eigenvalue weighted by Crippen LogP contribution is -2.38. The number of benzene rings is 1. The van der Waals surface area contributed by atoms with Gasteiger partial charge >= 0.3 is 11.7 Å². The number of ether oxygens (including phenoxy) is 1. The van der Waals surface area contributed by atoms with Gasteiger partial charge in [0, 0.05) is 20.2 Å². The van der Waals surface area contributed by atoms with E-state index in [1.807, 2.05) is 0 Å². The number of rotatable bonds is 3. The largest absolute Gasteiger partial charge is 0.456 e. The molecular weight excluding hydrogens is 291 g/mol. The smallest absolute Gasteiger partial charge is 0.338 e. The molecule has 1 aromatic carbocycles. The number of esters is 1. The van der Waals surface area contributed by atoms with Gasteiger partial charge in [0.05, 0.1) is 11.3 Å². The Labute approximate surface area is 125 Å². The van der Waals surface area contributed by atoms with Gasteiger partial charge in [-0.15, -0.1) is 0 Å². The van der Waals surface area contributed by atoms with Gasteiger partial charge in [0.25, 0.3) is 5.56 Å². The minimum atomic E-state index is -0.730. The van der Waals surface area contributed by atoms with Gasteiger partial charge in [-0.2, -0.15) is 0 Å². The van der Waals surface area contributed by atoms with E-state index in [2.05, 4.69) is 0 Å². The van der Waals surface area contributed by atoms with E-state index in [0.29, 0.717) is 5.56 Å². The number of aryl methyl sites for hydroxylation is 1. The fourth-order valence-corrected chi connectivity index (χ4v) is 1.86. The predicted molar refractivity (Wildman–Crippen MR) is 77.2 cm³/mol. The standard InChI is InChI=1S/C15H15FN2O4/c1-9-4-5-10(6-12(9)16)14(20)22-8-11-7-13(19)18(3)15(21)17(11)2/h4-7H,8H2,1-3H3. The monoisotopic (exact) mass is 306 g/mol. The van der Waals surface area contributed by atoms with Gasteiger partial charge in [0.15, 0.2) is 0 Å². The van der Waals surface area contributed by atoms with E-state index in [0.717, 1.165) is 10.6 Å². The van der Waals surface area contributed by atoms with Crippen LogP contribution in [0.5, 0.6) is 0 Å². The lowest BCUT2D eigenvalue weighted by molar-refractivity contribution is 0.0462. The van der Waals surface area contributed by atoms with Crippen LogP contribution in [0.2, 0.25) is 0 Å². The molecule has 0 amide bonds. The maximum Gasteiger partial charge on any atom is 0.338 e. The van der Waals surface area contributed by atoms with E-state index in [-0.39, 0.29) is 17.9 Å². The molecule has 7 heteroatoms. The van der Waals surface area contributed by atoms with Crippen LogP contribution < -0.4 is 11.2 Å². The van der Waals surface area contributed by atoms with Crippen LogP contribution in [0, 0.1) is 12.7 Å². The van der Waals surface area contributed by atoms with Crippen LogP contribution in [0.15, 0.2) is 33.9 Å². The summed E-state index contributed by atoms with van der Waals surface area (Å²) >= 11 is 0. The van der Waals surface area contributed by atoms with Crippen molar-refractivity contribution in [3.05, 3.63) is 67.7 Å². The highest BCUT2D eigenvalue weighted by Crippen LogP contribution is 2.11. The minimum absolute atomic E-state index is 0.0666. The molecule has 0 aliphatic heterocycles. The van der Waals surface area contributed by atoms with E-state index in [1.54, 1.807) is 6.92 Å². The molecular formula is C15H15FN2O4. The molecule has 116 valence electrons. The number of hydrogen-bond donors (Lipinski definition) is 0. The summed E-state index contributed by atoms with van der Waals surface area (Å²) in [4.78, 5) is 35.2. The van der Waals surface area contributed by atoms with Gasteiger partial charge in [-0.25, -0.2) is 14.0 Å². The number of aromatic nitrogens is 2. The molecule has 0 aliphatic carbocycles. The zero-order chi connectivity index (χ0) is 16.4. The first kappa shape index (κ1) is 15.7. The first-order chi connectivity index (χ1) is 10.3. The van der Waals surface area contributed by atoms with Crippen molar-refractivity contribution in [1.82, 2.24) is 9.13 Å². The van der Waals surface area contributed by atoms with Gasteiger partial charge in [-0.1, -0.05) is 6.07 Å². The summed E-state index contributed by atoms with van der Waals surface area (Å²) in [5.41, 5.74) is -0.257. The van der Waals surface area contributed by atoms with Crippen LogP contribution in [0.1, 0.15) is 21.6 Å². The highest BCUT2D eigenvalue weighted by Gasteiger charge is 2.12. The van der Waals surface area contributed by atoms with Crippen LogP contribution in [0.25, 0.3) is 0 Å². The van der Waals surface area contributed by atoms with Crippen LogP contribution in [0.4, 0.5) is 4.39 Å². The summed E-state index contributed by atoms with van der Waals surface area (Å²) in [6.45, 7) is 1.33. The Morgan fingerprint density at radius 3 is 2.50 bits per heavy atom. The van der Waals surface area contributed by atoms with Crippen molar-refractivity contribution in [1.29, 1.82) is 0 Å². The molecule has 22 heavy (non-hydrogen) atoms. The lowest BCUT2D eigenvalue weighted by Gasteiger charge is -2.10. The average molecular weight is 306 g/mol. The second kappa shape index (κ2) is 5.97. The molecule has 2 aromatic rings. The molecule has 0 radical (unpaired) electrons. The number of carbonyl (C=O) groups is 1. The number of hydrogen-bond acceptors (Lipinski definition) is 4. The van der Waals surface area contributed by atoms with Crippen molar-refractivity contribution in [3.8, 4) is 0 Å². The fraction of sp³-hybridized carbons (Fsp3) is 0.267. The number of halogens is 1. The zero-order valence-electron chi connectivity index (χ0n) is 12.4. The zero-order valence-corrected chi connectivity index (χ0v) is 12.4. The SMILES string of the molecule is Cc1ccc(C(=O)OCc2cc(=O)n(C)c(=O)n2C)cc1F. The Morgan fingerprint density at radius 2 is 1.86 bits per heavy atom. The van der Waals surface area contributed by atoms with Crippen LogP contribution in [-0.2, 0) is 25.4 Å². The Hall–Kier alpha value is -2.70. The third-order valence-corrected chi connectivity index (χ3v) is 3.38. The predicted octanol–water partition coefficient (Wildman–Crippen LogP) is 0.889. The molecule has 0 spiro atoms. The fourth-order valence-electron chi connectivity index (χ4n) is 1.86. The maximum atomic E-state index is 13.4. The van der Waals surface area contributed by atoms with E-state index < -0.39 is 23.0 Å². The van der Waals surface area contributed by atoms with Crippen molar-refractivity contribution in [2.45, 2.75) is 13.5 Å². The minimum Gasteiger partial charge on any atom is -0.456 e. The first-order valence-electron chi connectivity index (χ1n) is 6.50. The topological polar surface area (TPSA) is 70.3 Å². The molecule has 0 N–H and O–H groups in total. The normalized spacial score (nSPS) is 10.5. The molecule has 0 atom stereocenters. The Bertz CT molecular complexity index is 852. The Kier molecular flexibility index (Phi) is 4.25. The van der Waals surface area contributed by atoms with E-state index in [9.17, 15) is 18.8 Å². The molecule has 1 heterocycles. The van der Waals surface area contributed by atoms with Gasteiger partial charge in [0.1, 0.15) is 12.4 Å². The van der Waals surface area contributed by atoms with Crippen LogP contribution in [-0.4, -0.2) is 15.1 Å². The van der Waals surface area contributed by atoms with E-state index >= 15 is 0 Å². The third kappa shape index (κ3) is 2.98. The molecule has 0 saturated carbocycles. The van der Waals surface area contributed by atoms with Gasteiger partial charge in [-0.3, -0.25) is 13.9 Å². The molecule has 0 bridgehead atoms. The van der Waals surface area contributed by atoms with Crippen molar-refractivity contribution in [3.63, 3.8) is 0 Å². The second-order valence-electron chi connectivity index (χ2n) is 4.91. The molecule has 0 unspecified atom stereocenters. The summed E-state index contributed by atoms with van der Waals surface area (Å²) in [7, 11) is 2.83. The highest BCUT2D eigenvalue weighted by molar-refractivity contribution is 5.89. The average Bonchev–Trinajstić information content (AvgIpc) is 2.49. The molecule has 0 fully saturated rings. The van der Waals surface area contributed by atoms with Gasteiger partial charge in [0.2, 0.25) is 0 Å². The number of carbonyl (C=O) groups excluding carboxylic acids is 1. The summed E-state index contributed by atoms with van der Waals surface area (Å²) in [5.74, 6) is -1.23.